The molecule has 4 aliphatic rings. The Morgan fingerprint density at radius 1 is 1.35 bits per heavy atom. The first-order valence-electron chi connectivity index (χ1n) is 9.39. The fraction of sp³-hybridized carbons (Fsp3) is 0.700. The van der Waals surface area contributed by atoms with Gasteiger partial charge in [0.05, 0.1) is 12.2 Å². The van der Waals surface area contributed by atoms with Gasteiger partial charge in [-0.15, -0.1) is 0 Å². The molecule has 2 heterocycles. The number of hydrogen-bond donors (Lipinski definition) is 2. The second-order valence-corrected chi connectivity index (χ2v) is 8.66. The highest BCUT2D eigenvalue weighted by molar-refractivity contribution is 5.93. The summed E-state index contributed by atoms with van der Waals surface area (Å²) in [6.45, 7) is 4.81. The highest BCUT2D eigenvalue weighted by atomic mass is 16.5. The van der Waals surface area contributed by atoms with Gasteiger partial charge in [0.2, 0.25) is 0 Å². The van der Waals surface area contributed by atoms with E-state index in [2.05, 4.69) is 13.8 Å². The van der Waals surface area contributed by atoms with Crippen LogP contribution in [0.4, 0.5) is 0 Å². The first-order chi connectivity index (χ1) is 12.3. The minimum Gasteiger partial charge on any atom is -0.461 e. The Labute approximate surface area is 152 Å². The van der Waals surface area contributed by atoms with Gasteiger partial charge >= 0.3 is 11.9 Å². The van der Waals surface area contributed by atoms with Crippen LogP contribution in [-0.4, -0.2) is 47.6 Å². The molecule has 0 bridgehead atoms. The summed E-state index contributed by atoms with van der Waals surface area (Å²) in [5, 5.41) is 21.2. The van der Waals surface area contributed by atoms with Crippen LogP contribution >= 0.6 is 0 Å². The number of carbonyl (C=O) groups excluding carboxylic acids is 2. The van der Waals surface area contributed by atoms with E-state index >= 15 is 0 Å². The van der Waals surface area contributed by atoms with Gasteiger partial charge in [-0.25, -0.2) is 9.59 Å². The molecule has 1 spiro atoms. The highest BCUT2D eigenvalue weighted by Gasteiger charge is 2.62. The lowest BCUT2D eigenvalue weighted by Gasteiger charge is -2.57. The maximum Gasteiger partial charge on any atom is 0.334 e. The molecule has 0 unspecified atom stereocenters. The van der Waals surface area contributed by atoms with Crippen LogP contribution in [0.3, 0.4) is 0 Å². The molecule has 6 atom stereocenters. The van der Waals surface area contributed by atoms with Crippen LogP contribution in [0.1, 0.15) is 39.5 Å². The zero-order valence-corrected chi connectivity index (χ0v) is 15.2. The number of cyclic esters (lactones) is 2. The van der Waals surface area contributed by atoms with Crippen molar-refractivity contribution in [2.24, 2.45) is 22.7 Å². The summed E-state index contributed by atoms with van der Waals surface area (Å²) < 4.78 is 10.3. The molecule has 26 heavy (non-hydrogen) atoms. The lowest BCUT2D eigenvalue weighted by molar-refractivity contribution is -0.136. The van der Waals surface area contributed by atoms with Crippen LogP contribution in [0, 0.1) is 22.7 Å². The van der Waals surface area contributed by atoms with Crippen molar-refractivity contribution in [1.29, 1.82) is 0 Å². The van der Waals surface area contributed by atoms with Crippen molar-refractivity contribution in [3.8, 4) is 0 Å². The van der Waals surface area contributed by atoms with Crippen molar-refractivity contribution >= 4 is 11.9 Å². The molecule has 4 rings (SSSR count). The van der Waals surface area contributed by atoms with Crippen molar-refractivity contribution in [3.63, 3.8) is 0 Å². The van der Waals surface area contributed by atoms with E-state index in [9.17, 15) is 19.8 Å². The quantitative estimate of drug-likeness (QED) is 0.739. The van der Waals surface area contributed by atoms with E-state index in [1.54, 1.807) is 6.08 Å². The van der Waals surface area contributed by atoms with Gasteiger partial charge in [0.15, 0.2) is 0 Å². The number of rotatable bonds is 3. The maximum absolute atomic E-state index is 12.2. The van der Waals surface area contributed by atoms with Gasteiger partial charge in [-0.3, -0.25) is 0 Å². The van der Waals surface area contributed by atoms with Crippen molar-refractivity contribution in [2.75, 3.05) is 13.2 Å². The molecule has 1 saturated heterocycles. The molecule has 2 aliphatic heterocycles. The number of carbonyl (C=O) groups is 2. The average molecular weight is 362 g/mol. The van der Waals surface area contributed by atoms with E-state index in [0.29, 0.717) is 36.5 Å². The summed E-state index contributed by atoms with van der Waals surface area (Å²) in [6, 6.07) is 0. The molecule has 0 amide bonds. The van der Waals surface area contributed by atoms with Crippen molar-refractivity contribution in [3.05, 3.63) is 23.3 Å². The van der Waals surface area contributed by atoms with Gasteiger partial charge in [0.1, 0.15) is 13.2 Å². The van der Waals surface area contributed by atoms with E-state index in [1.165, 1.54) is 6.08 Å². The third kappa shape index (κ3) is 2.46. The number of ether oxygens (including phenoxy) is 2. The summed E-state index contributed by atoms with van der Waals surface area (Å²) in [4.78, 5) is 23.6. The molecular formula is C20H26O6. The predicted molar refractivity (Wildman–Crippen MR) is 91.8 cm³/mol. The largest absolute Gasteiger partial charge is 0.461 e. The molecule has 0 aromatic rings. The van der Waals surface area contributed by atoms with Gasteiger partial charge < -0.3 is 19.7 Å². The van der Waals surface area contributed by atoms with Crippen LogP contribution in [0.25, 0.3) is 0 Å². The predicted octanol–water partition coefficient (Wildman–Crippen LogP) is 1.51. The number of aliphatic hydroxyl groups is 2. The zero-order valence-electron chi connectivity index (χ0n) is 15.2. The molecule has 0 aromatic carbocycles. The molecule has 142 valence electrons. The van der Waals surface area contributed by atoms with E-state index in [-0.39, 0.29) is 29.3 Å². The van der Waals surface area contributed by atoms with Crippen LogP contribution in [-0.2, 0) is 19.1 Å². The first kappa shape index (κ1) is 17.7. The molecule has 0 radical (unpaired) electrons. The van der Waals surface area contributed by atoms with Crippen LogP contribution in [0.5, 0.6) is 0 Å². The Bertz CT molecular complexity index is 709. The first-order valence-corrected chi connectivity index (χ1v) is 9.39. The average Bonchev–Trinajstić information content (AvgIpc) is 3.16. The molecular weight excluding hydrogens is 336 g/mol. The minimum absolute atomic E-state index is 0.0356. The lowest BCUT2D eigenvalue weighted by Crippen LogP contribution is -2.54. The van der Waals surface area contributed by atoms with Crippen molar-refractivity contribution in [1.82, 2.24) is 0 Å². The Hall–Kier alpha value is -1.66. The molecule has 2 N–H and O–H groups in total. The van der Waals surface area contributed by atoms with Gasteiger partial charge in [0.25, 0.3) is 0 Å². The molecule has 2 aliphatic carbocycles. The maximum atomic E-state index is 12.2. The monoisotopic (exact) mass is 362 g/mol. The molecule has 0 aromatic heterocycles. The number of hydrogen-bond acceptors (Lipinski definition) is 6. The normalized spacial score (nSPS) is 43.0. The van der Waals surface area contributed by atoms with Crippen LogP contribution in [0.2, 0.25) is 0 Å². The smallest absolute Gasteiger partial charge is 0.334 e. The van der Waals surface area contributed by atoms with Crippen LogP contribution in [0.15, 0.2) is 23.3 Å². The summed E-state index contributed by atoms with van der Waals surface area (Å²) in [5.74, 6) is -0.378. The third-order valence-corrected chi connectivity index (χ3v) is 7.41. The minimum atomic E-state index is -0.770. The van der Waals surface area contributed by atoms with Gasteiger partial charge in [0, 0.05) is 22.6 Å². The Morgan fingerprint density at radius 3 is 2.81 bits per heavy atom. The van der Waals surface area contributed by atoms with E-state index < -0.39 is 18.2 Å². The number of aliphatic hydroxyl groups excluding tert-OH is 2. The standard InChI is InChI=1S/C20H26O6/c1-11-3-4-20-10-26-18(24)14(20)6-13(21)7-16(20)19(11,2)8-15(22)12-5-17(23)25-9-12/h5-6,11,13,15-16,21-22H,3-4,7-10H2,1-2H3/t11-,13-,15+,16-,19+,20-/m1/s1. The fourth-order valence-electron chi connectivity index (χ4n) is 5.70. The van der Waals surface area contributed by atoms with Gasteiger partial charge in [-0.2, -0.15) is 0 Å². The summed E-state index contributed by atoms with van der Waals surface area (Å²) in [7, 11) is 0. The van der Waals surface area contributed by atoms with Crippen LogP contribution < -0.4 is 0 Å². The summed E-state index contributed by atoms with van der Waals surface area (Å²) in [5.41, 5.74) is 0.563. The summed E-state index contributed by atoms with van der Waals surface area (Å²) in [6.07, 6.45) is 4.42. The fourth-order valence-corrected chi connectivity index (χ4v) is 5.70. The molecule has 6 heteroatoms. The number of esters is 2. The second kappa shape index (κ2) is 5.92. The zero-order chi connectivity index (χ0) is 18.7. The molecule has 6 nitrogen and oxygen atoms in total. The van der Waals surface area contributed by atoms with Crippen molar-refractivity contribution < 1.29 is 29.3 Å². The molecule has 1 saturated carbocycles. The Kier molecular flexibility index (Phi) is 4.04. The van der Waals surface area contributed by atoms with Gasteiger partial charge in [-0.1, -0.05) is 13.8 Å². The third-order valence-electron chi connectivity index (χ3n) is 7.41. The van der Waals surface area contributed by atoms with E-state index in [1.807, 2.05) is 0 Å². The Balaban J connectivity index is 1.68. The van der Waals surface area contributed by atoms with E-state index in [0.717, 1.165) is 12.8 Å². The summed E-state index contributed by atoms with van der Waals surface area (Å²) >= 11 is 0. The van der Waals surface area contributed by atoms with Gasteiger partial charge in [-0.05, 0) is 49.0 Å². The lowest BCUT2D eigenvalue weighted by atomic mass is 9.46. The van der Waals surface area contributed by atoms with Crippen molar-refractivity contribution in [2.45, 2.75) is 51.7 Å². The highest BCUT2D eigenvalue weighted by Crippen LogP contribution is 2.64. The van der Waals surface area contributed by atoms with E-state index in [4.69, 9.17) is 9.47 Å². The SMILES string of the molecule is C[C@@H]1CC[C@@]23COC(=O)C2=C[C@@H](O)C[C@@H]3[C@@]1(C)C[C@H](O)C1=CC(=O)OC1. The topological polar surface area (TPSA) is 93.1 Å². The second-order valence-electron chi connectivity index (χ2n) is 8.66. The Morgan fingerprint density at radius 2 is 2.12 bits per heavy atom. The molecule has 2 fully saturated rings.